The van der Waals surface area contributed by atoms with Crippen LogP contribution in [0.3, 0.4) is 0 Å². The lowest BCUT2D eigenvalue weighted by Gasteiger charge is -2.38. The summed E-state index contributed by atoms with van der Waals surface area (Å²) in [6, 6.07) is 10.2. The number of aromatic nitrogens is 3. The predicted molar refractivity (Wildman–Crippen MR) is 103 cm³/mol. The quantitative estimate of drug-likeness (QED) is 0.699. The lowest BCUT2D eigenvalue weighted by atomic mass is 10.1. The summed E-state index contributed by atoms with van der Waals surface area (Å²) >= 11 is 1.71. The van der Waals surface area contributed by atoms with Crippen LogP contribution in [0.1, 0.15) is 32.8 Å². The molecule has 5 rings (SSSR count). The molecule has 2 aliphatic rings. The lowest BCUT2D eigenvalue weighted by Crippen LogP contribution is -2.49. The minimum atomic E-state index is 0.0997. The Hall–Kier alpha value is -2.51. The van der Waals surface area contributed by atoms with Gasteiger partial charge in [-0.25, -0.2) is 4.98 Å². The number of aryl methyl sites for hydroxylation is 1. The van der Waals surface area contributed by atoms with E-state index in [1.807, 2.05) is 46.9 Å². The van der Waals surface area contributed by atoms with Gasteiger partial charge in [0.1, 0.15) is 5.69 Å². The zero-order chi connectivity index (χ0) is 18.4. The maximum absolute atomic E-state index is 13.2. The van der Waals surface area contributed by atoms with Crippen LogP contribution in [0.25, 0.3) is 0 Å². The van der Waals surface area contributed by atoms with E-state index in [1.165, 1.54) is 4.88 Å². The van der Waals surface area contributed by atoms with Crippen LogP contribution in [0, 0.1) is 6.92 Å². The largest absolute Gasteiger partial charge is 0.337 e. The Labute approximate surface area is 162 Å². The van der Waals surface area contributed by atoms with Gasteiger partial charge in [0.2, 0.25) is 0 Å². The molecule has 1 amide bonds. The van der Waals surface area contributed by atoms with Crippen LogP contribution < -0.4 is 0 Å². The first-order valence-corrected chi connectivity index (χ1v) is 10.1. The summed E-state index contributed by atoms with van der Waals surface area (Å²) in [5, 5.41) is 0. The molecule has 6 nitrogen and oxygen atoms in total. The van der Waals surface area contributed by atoms with Crippen molar-refractivity contribution in [1.82, 2.24) is 24.3 Å². The third-order valence-electron chi connectivity index (χ3n) is 5.62. The number of likely N-dealkylation sites (tertiary alicyclic amines) is 1. The van der Waals surface area contributed by atoms with Gasteiger partial charge < -0.3 is 9.47 Å². The van der Waals surface area contributed by atoms with Gasteiger partial charge in [-0.05, 0) is 31.2 Å². The Morgan fingerprint density at radius 3 is 2.78 bits per heavy atom. The first-order valence-electron chi connectivity index (χ1n) is 9.20. The number of thiazole rings is 1. The SMILES string of the molecule is Cc1ncsc1CN1C[C@@H]2[C@@H](C1)n1cccc1C(=O)N2Cc1ccccn1. The van der Waals surface area contributed by atoms with Gasteiger partial charge in [0.05, 0.1) is 35.5 Å². The fourth-order valence-electron chi connectivity index (χ4n) is 4.25. The maximum atomic E-state index is 13.2. The van der Waals surface area contributed by atoms with Gasteiger partial charge in [-0.3, -0.25) is 14.7 Å². The highest BCUT2D eigenvalue weighted by Crippen LogP contribution is 2.35. The van der Waals surface area contributed by atoms with Crippen molar-refractivity contribution in [2.24, 2.45) is 0 Å². The van der Waals surface area contributed by atoms with E-state index in [4.69, 9.17) is 0 Å². The molecular formula is C20H21N5OS. The first-order chi connectivity index (χ1) is 13.2. The van der Waals surface area contributed by atoms with Crippen molar-refractivity contribution in [3.05, 3.63) is 70.2 Å². The summed E-state index contributed by atoms with van der Waals surface area (Å²) in [5.74, 6) is 0.0997. The van der Waals surface area contributed by atoms with Crippen LogP contribution in [0.4, 0.5) is 0 Å². The molecule has 0 spiro atoms. The highest BCUT2D eigenvalue weighted by Gasteiger charge is 2.45. The number of hydrogen-bond donors (Lipinski definition) is 0. The van der Waals surface area contributed by atoms with E-state index in [9.17, 15) is 4.79 Å². The van der Waals surface area contributed by atoms with Crippen molar-refractivity contribution < 1.29 is 4.79 Å². The number of pyridine rings is 1. The summed E-state index contributed by atoms with van der Waals surface area (Å²) in [5.41, 5.74) is 4.73. The Morgan fingerprint density at radius 1 is 1.11 bits per heavy atom. The van der Waals surface area contributed by atoms with Crippen molar-refractivity contribution in [2.45, 2.75) is 32.1 Å². The van der Waals surface area contributed by atoms with Crippen molar-refractivity contribution in [1.29, 1.82) is 0 Å². The third-order valence-corrected chi connectivity index (χ3v) is 6.54. The lowest BCUT2D eigenvalue weighted by molar-refractivity contribution is 0.0553. The van der Waals surface area contributed by atoms with Gasteiger partial charge in [-0.2, -0.15) is 0 Å². The van der Waals surface area contributed by atoms with E-state index in [0.29, 0.717) is 6.54 Å². The molecule has 0 unspecified atom stereocenters. The van der Waals surface area contributed by atoms with Crippen LogP contribution in [0.15, 0.2) is 48.2 Å². The summed E-state index contributed by atoms with van der Waals surface area (Å²) in [4.78, 5) is 27.7. The maximum Gasteiger partial charge on any atom is 0.271 e. The number of rotatable bonds is 4. The first kappa shape index (κ1) is 16.6. The molecule has 0 saturated carbocycles. The Bertz CT molecular complexity index is 966. The minimum absolute atomic E-state index is 0.0997. The Balaban J connectivity index is 1.45. The van der Waals surface area contributed by atoms with Crippen molar-refractivity contribution in [3.63, 3.8) is 0 Å². The summed E-state index contributed by atoms with van der Waals surface area (Å²) in [7, 11) is 0. The molecular weight excluding hydrogens is 358 g/mol. The normalized spacial score (nSPS) is 22.1. The summed E-state index contributed by atoms with van der Waals surface area (Å²) < 4.78 is 2.17. The fraction of sp³-hybridized carbons (Fsp3) is 0.350. The number of carbonyl (C=O) groups is 1. The van der Waals surface area contributed by atoms with E-state index in [1.54, 1.807) is 17.5 Å². The van der Waals surface area contributed by atoms with Crippen LogP contribution >= 0.6 is 11.3 Å². The zero-order valence-electron chi connectivity index (χ0n) is 15.2. The van der Waals surface area contributed by atoms with E-state index < -0.39 is 0 Å². The third kappa shape index (κ3) is 2.87. The second kappa shape index (κ2) is 6.58. The van der Waals surface area contributed by atoms with Gasteiger partial charge >= 0.3 is 0 Å². The van der Waals surface area contributed by atoms with Gasteiger partial charge in [0.15, 0.2) is 0 Å². The van der Waals surface area contributed by atoms with Crippen LogP contribution in [0.2, 0.25) is 0 Å². The summed E-state index contributed by atoms with van der Waals surface area (Å²) in [6.45, 7) is 5.33. The van der Waals surface area contributed by atoms with Gasteiger partial charge in [0.25, 0.3) is 5.91 Å². The molecule has 7 heteroatoms. The van der Waals surface area contributed by atoms with Crippen LogP contribution in [-0.4, -0.2) is 49.4 Å². The van der Waals surface area contributed by atoms with Crippen molar-refractivity contribution >= 4 is 17.2 Å². The number of fused-ring (bicyclic) bond motifs is 3. The van der Waals surface area contributed by atoms with Gasteiger partial charge in [0, 0.05) is 36.9 Å². The molecule has 138 valence electrons. The molecule has 0 bridgehead atoms. The molecule has 5 heterocycles. The average Bonchev–Trinajstić information content (AvgIpc) is 3.40. The topological polar surface area (TPSA) is 54.3 Å². The second-order valence-electron chi connectivity index (χ2n) is 7.24. The minimum Gasteiger partial charge on any atom is -0.337 e. The standard InChI is InChI=1S/C20H21N5OS/c1-14-19(27-13-22-14)12-23-10-17-18(11-23)25(9-15-5-2-3-7-21-15)20(26)16-6-4-8-24(16)17/h2-8,13,17-18H,9-12H2,1H3/t17-,18-/m1/s1. The molecule has 27 heavy (non-hydrogen) atoms. The van der Waals surface area contributed by atoms with Crippen LogP contribution in [-0.2, 0) is 13.1 Å². The molecule has 0 N–H and O–H groups in total. The van der Waals surface area contributed by atoms with Crippen molar-refractivity contribution in [3.8, 4) is 0 Å². The molecule has 2 aliphatic heterocycles. The molecule has 3 aromatic heterocycles. The Kier molecular flexibility index (Phi) is 4.06. The summed E-state index contributed by atoms with van der Waals surface area (Å²) in [6.07, 6.45) is 3.84. The Morgan fingerprint density at radius 2 is 2.00 bits per heavy atom. The zero-order valence-corrected chi connectivity index (χ0v) is 16.0. The number of hydrogen-bond acceptors (Lipinski definition) is 5. The average molecular weight is 379 g/mol. The predicted octanol–water partition coefficient (Wildman–Crippen LogP) is 2.73. The van der Waals surface area contributed by atoms with Crippen LogP contribution in [0.5, 0.6) is 0 Å². The number of amides is 1. The molecule has 0 aromatic carbocycles. The number of carbonyl (C=O) groups excluding carboxylic acids is 1. The molecule has 0 aliphatic carbocycles. The van der Waals surface area contributed by atoms with Gasteiger partial charge in [-0.1, -0.05) is 6.07 Å². The van der Waals surface area contributed by atoms with E-state index in [-0.39, 0.29) is 18.0 Å². The van der Waals surface area contributed by atoms with Crippen molar-refractivity contribution in [2.75, 3.05) is 13.1 Å². The molecule has 2 atom stereocenters. The van der Waals surface area contributed by atoms with E-state index >= 15 is 0 Å². The number of nitrogens with zero attached hydrogens (tertiary/aromatic N) is 5. The molecule has 1 fully saturated rings. The highest BCUT2D eigenvalue weighted by molar-refractivity contribution is 7.09. The second-order valence-corrected chi connectivity index (χ2v) is 8.18. The molecule has 0 radical (unpaired) electrons. The highest BCUT2D eigenvalue weighted by atomic mass is 32.1. The molecule has 1 saturated heterocycles. The monoisotopic (exact) mass is 379 g/mol. The fourth-order valence-corrected chi connectivity index (χ4v) is 5.07. The molecule has 3 aromatic rings. The van der Waals surface area contributed by atoms with Gasteiger partial charge in [-0.15, -0.1) is 11.3 Å². The van der Waals surface area contributed by atoms with E-state index in [0.717, 1.165) is 36.7 Å². The van der Waals surface area contributed by atoms with E-state index in [2.05, 4.69) is 26.4 Å². The smallest absolute Gasteiger partial charge is 0.271 e.